The van der Waals surface area contributed by atoms with E-state index in [0.29, 0.717) is 0 Å². The van der Waals surface area contributed by atoms with Crippen LogP contribution >= 0.6 is 0 Å². The van der Waals surface area contributed by atoms with Gasteiger partial charge in [-0.15, -0.1) is 0 Å². The van der Waals surface area contributed by atoms with Gasteiger partial charge in [0.2, 0.25) is 0 Å². The van der Waals surface area contributed by atoms with Gasteiger partial charge in [-0.25, -0.2) is 0 Å². The Kier molecular flexibility index (Phi) is 4.85. The third kappa shape index (κ3) is 5.09. The van der Waals surface area contributed by atoms with Crippen LogP contribution in [0.25, 0.3) is 0 Å². The predicted octanol–water partition coefficient (Wildman–Crippen LogP) is 0.229. The molecule has 12 heavy (non-hydrogen) atoms. The van der Waals surface area contributed by atoms with E-state index in [-0.39, 0.29) is 18.8 Å². The van der Waals surface area contributed by atoms with E-state index in [4.69, 9.17) is 10.2 Å². The van der Waals surface area contributed by atoms with E-state index >= 15 is 0 Å². The summed E-state index contributed by atoms with van der Waals surface area (Å²) < 4.78 is 0. The van der Waals surface area contributed by atoms with Crippen LogP contribution in [-0.2, 0) is 4.79 Å². The van der Waals surface area contributed by atoms with Gasteiger partial charge in [-0.3, -0.25) is 4.79 Å². The van der Waals surface area contributed by atoms with Gasteiger partial charge in [0.25, 0.3) is 0 Å². The predicted molar refractivity (Wildman–Crippen MR) is 43.7 cm³/mol. The quantitative estimate of drug-likeness (QED) is 0.560. The summed E-state index contributed by atoms with van der Waals surface area (Å²) in [5.41, 5.74) is 0. The van der Waals surface area contributed by atoms with Crippen LogP contribution < -0.4 is 0 Å². The molecule has 0 saturated heterocycles. The second-order valence-corrected chi connectivity index (χ2v) is 3.30. The Morgan fingerprint density at radius 3 is 2.17 bits per heavy atom. The molecule has 0 spiro atoms. The lowest BCUT2D eigenvalue weighted by atomic mass is 10.00. The summed E-state index contributed by atoms with van der Waals surface area (Å²) in [5, 5.41) is 26.6. The number of hydrogen-bond donors (Lipinski definition) is 3. The monoisotopic (exact) mass is 176 g/mol. The highest BCUT2D eigenvalue weighted by molar-refractivity contribution is 5.67. The molecule has 0 aromatic heterocycles. The van der Waals surface area contributed by atoms with Crippen molar-refractivity contribution in [3.8, 4) is 0 Å². The molecule has 0 aliphatic rings. The summed E-state index contributed by atoms with van der Waals surface area (Å²) in [6.07, 6.45) is -1.74. The van der Waals surface area contributed by atoms with E-state index in [2.05, 4.69) is 0 Å². The average Bonchev–Trinajstić information content (AvgIpc) is 1.84. The lowest BCUT2D eigenvalue weighted by Gasteiger charge is -2.16. The minimum absolute atomic E-state index is 0.0495. The molecule has 2 atom stereocenters. The Bertz CT molecular complexity index is 144. The van der Waals surface area contributed by atoms with Gasteiger partial charge in [-0.2, -0.15) is 0 Å². The van der Waals surface area contributed by atoms with Gasteiger partial charge in [-0.05, 0) is 5.92 Å². The molecular formula is C8H16O4. The summed E-state index contributed by atoms with van der Waals surface area (Å²) >= 11 is 0. The van der Waals surface area contributed by atoms with Crippen molar-refractivity contribution in [2.45, 2.75) is 38.9 Å². The molecule has 0 fully saturated rings. The highest BCUT2D eigenvalue weighted by Crippen LogP contribution is 2.10. The summed E-state index contributed by atoms with van der Waals surface area (Å²) in [5.74, 6) is -0.994. The Balaban J connectivity index is 3.68. The van der Waals surface area contributed by atoms with E-state index in [9.17, 15) is 9.90 Å². The zero-order valence-corrected chi connectivity index (χ0v) is 7.40. The number of rotatable bonds is 5. The zero-order valence-electron chi connectivity index (χ0n) is 7.40. The number of aliphatic carboxylic acids is 1. The van der Waals surface area contributed by atoms with Crippen molar-refractivity contribution in [1.29, 1.82) is 0 Å². The zero-order chi connectivity index (χ0) is 9.72. The van der Waals surface area contributed by atoms with Gasteiger partial charge in [0.1, 0.15) is 0 Å². The van der Waals surface area contributed by atoms with Gasteiger partial charge < -0.3 is 15.3 Å². The van der Waals surface area contributed by atoms with Crippen LogP contribution in [0.1, 0.15) is 26.7 Å². The first kappa shape index (κ1) is 11.4. The Hall–Kier alpha value is -0.610. The average molecular weight is 176 g/mol. The molecule has 4 nitrogen and oxygen atoms in total. The smallest absolute Gasteiger partial charge is 0.305 e. The van der Waals surface area contributed by atoms with Crippen LogP contribution in [0.4, 0.5) is 0 Å². The molecule has 72 valence electrons. The molecule has 0 aliphatic carbocycles. The van der Waals surface area contributed by atoms with Crippen molar-refractivity contribution in [2.75, 3.05) is 0 Å². The molecule has 0 bridgehead atoms. The van der Waals surface area contributed by atoms with Gasteiger partial charge >= 0.3 is 5.97 Å². The lowest BCUT2D eigenvalue weighted by Crippen LogP contribution is -2.24. The second-order valence-electron chi connectivity index (χ2n) is 3.30. The van der Waals surface area contributed by atoms with E-state index in [1.54, 1.807) is 0 Å². The molecule has 0 amide bonds. The Morgan fingerprint density at radius 1 is 1.33 bits per heavy atom. The fourth-order valence-electron chi connectivity index (χ4n) is 0.836. The standard InChI is InChI=1S/C8H16O4/c1-5(2)7(10)3-6(9)4-8(11)12/h5-7,9-10H,3-4H2,1-2H3,(H,11,12). The number of carboxylic acid groups (broad SMARTS) is 1. The van der Waals surface area contributed by atoms with E-state index in [0.717, 1.165) is 0 Å². The topological polar surface area (TPSA) is 77.8 Å². The lowest BCUT2D eigenvalue weighted by molar-refractivity contribution is -0.139. The molecule has 0 aromatic rings. The molecule has 2 unspecified atom stereocenters. The first-order valence-electron chi connectivity index (χ1n) is 4.01. The molecule has 0 aliphatic heterocycles. The van der Waals surface area contributed by atoms with E-state index in [1.165, 1.54) is 0 Å². The number of aliphatic hydroxyl groups is 2. The maximum Gasteiger partial charge on any atom is 0.305 e. The molecule has 3 N–H and O–H groups in total. The molecule has 0 saturated carbocycles. The van der Waals surface area contributed by atoms with Crippen LogP contribution in [0, 0.1) is 5.92 Å². The first-order valence-corrected chi connectivity index (χ1v) is 4.01. The number of carboxylic acids is 1. The van der Waals surface area contributed by atoms with Crippen molar-refractivity contribution in [2.24, 2.45) is 5.92 Å². The van der Waals surface area contributed by atoms with Gasteiger partial charge in [0.15, 0.2) is 0 Å². The van der Waals surface area contributed by atoms with E-state index in [1.807, 2.05) is 13.8 Å². The molecule has 0 heterocycles. The SMILES string of the molecule is CC(C)C(O)CC(O)CC(=O)O. The molecule has 4 heteroatoms. The largest absolute Gasteiger partial charge is 0.481 e. The summed E-state index contributed by atoms with van der Waals surface area (Å²) in [6, 6.07) is 0. The molecule has 0 radical (unpaired) electrons. The normalized spacial score (nSPS) is 16.1. The van der Waals surface area contributed by atoms with Gasteiger partial charge in [0.05, 0.1) is 18.6 Å². The summed E-state index contributed by atoms with van der Waals surface area (Å²) in [4.78, 5) is 10.1. The van der Waals surface area contributed by atoms with Crippen molar-refractivity contribution in [3.63, 3.8) is 0 Å². The molecular weight excluding hydrogens is 160 g/mol. The highest BCUT2D eigenvalue weighted by Gasteiger charge is 2.16. The fourth-order valence-corrected chi connectivity index (χ4v) is 0.836. The number of hydrogen-bond acceptors (Lipinski definition) is 3. The van der Waals surface area contributed by atoms with Crippen LogP contribution in [0.2, 0.25) is 0 Å². The maximum absolute atomic E-state index is 10.1. The molecule has 0 rings (SSSR count). The second kappa shape index (κ2) is 5.11. The number of carbonyl (C=O) groups is 1. The fraction of sp³-hybridized carbons (Fsp3) is 0.875. The number of aliphatic hydroxyl groups excluding tert-OH is 2. The van der Waals surface area contributed by atoms with Crippen LogP contribution in [0.5, 0.6) is 0 Å². The summed E-state index contributed by atoms with van der Waals surface area (Å²) in [6.45, 7) is 3.64. The Labute approximate surface area is 71.8 Å². The minimum atomic E-state index is -1.04. The molecule has 0 aromatic carbocycles. The van der Waals surface area contributed by atoms with Crippen LogP contribution in [0.15, 0.2) is 0 Å². The van der Waals surface area contributed by atoms with Crippen LogP contribution in [0.3, 0.4) is 0 Å². The van der Waals surface area contributed by atoms with Gasteiger partial charge in [-0.1, -0.05) is 13.8 Å². The first-order chi connectivity index (χ1) is 5.43. The van der Waals surface area contributed by atoms with Crippen molar-refractivity contribution < 1.29 is 20.1 Å². The van der Waals surface area contributed by atoms with Gasteiger partial charge in [0, 0.05) is 6.42 Å². The third-order valence-electron chi connectivity index (χ3n) is 1.69. The Morgan fingerprint density at radius 2 is 1.83 bits per heavy atom. The van der Waals surface area contributed by atoms with Crippen molar-refractivity contribution in [3.05, 3.63) is 0 Å². The summed E-state index contributed by atoms with van der Waals surface area (Å²) in [7, 11) is 0. The van der Waals surface area contributed by atoms with E-state index < -0.39 is 18.2 Å². The highest BCUT2D eigenvalue weighted by atomic mass is 16.4. The van der Waals surface area contributed by atoms with Crippen molar-refractivity contribution >= 4 is 5.97 Å². The van der Waals surface area contributed by atoms with Crippen LogP contribution in [-0.4, -0.2) is 33.5 Å². The minimum Gasteiger partial charge on any atom is -0.481 e. The maximum atomic E-state index is 10.1. The van der Waals surface area contributed by atoms with Crippen molar-refractivity contribution in [1.82, 2.24) is 0 Å². The third-order valence-corrected chi connectivity index (χ3v) is 1.69.